The van der Waals surface area contributed by atoms with E-state index in [0.717, 1.165) is 35.9 Å². The molecule has 4 rings (SSSR count). The number of rotatable bonds is 4. The number of halogens is 3. The summed E-state index contributed by atoms with van der Waals surface area (Å²) in [5, 5.41) is 17.0. The van der Waals surface area contributed by atoms with E-state index < -0.39 is 17.8 Å². The van der Waals surface area contributed by atoms with Crippen molar-refractivity contribution in [1.82, 2.24) is 14.8 Å². The zero-order valence-corrected chi connectivity index (χ0v) is 14.6. The first kappa shape index (κ1) is 18.4. The fourth-order valence-electron chi connectivity index (χ4n) is 3.29. The van der Waals surface area contributed by atoms with E-state index in [1.165, 1.54) is 6.07 Å². The van der Waals surface area contributed by atoms with Gasteiger partial charge < -0.3 is 10.4 Å². The predicted octanol–water partition coefficient (Wildman–Crippen LogP) is 3.65. The molecule has 0 spiro atoms. The lowest BCUT2D eigenvalue weighted by Gasteiger charge is -2.33. The van der Waals surface area contributed by atoms with Gasteiger partial charge in [0, 0.05) is 23.9 Å². The van der Waals surface area contributed by atoms with Crippen LogP contribution in [-0.2, 0) is 6.18 Å². The van der Waals surface area contributed by atoms with Crippen molar-refractivity contribution in [3.8, 4) is 0 Å². The van der Waals surface area contributed by atoms with E-state index in [4.69, 9.17) is 5.11 Å². The molecule has 1 aliphatic carbocycles. The molecule has 0 aliphatic heterocycles. The van der Waals surface area contributed by atoms with Crippen molar-refractivity contribution in [3.05, 3.63) is 54.0 Å². The van der Waals surface area contributed by atoms with Gasteiger partial charge in [-0.1, -0.05) is 6.07 Å². The summed E-state index contributed by atoms with van der Waals surface area (Å²) in [6, 6.07) is 8.54. The van der Waals surface area contributed by atoms with E-state index in [1.807, 2.05) is 10.9 Å². The number of carbonyl (C=O) groups excluding carboxylic acids is 1. The van der Waals surface area contributed by atoms with Crippen LogP contribution in [0.15, 0.2) is 42.6 Å². The Kier molecular flexibility index (Phi) is 4.54. The highest BCUT2D eigenvalue weighted by Gasteiger charge is 2.33. The Hall–Kier alpha value is -2.94. The SMILES string of the molecule is O=C(Nc1ccc2nn(C3CC(CO)C3)cc2c1)c1cccc(C(F)(F)F)n1. The minimum Gasteiger partial charge on any atom is -0.396 e. The van der Waals surface area contributed by atoms with Crippen molar-refractivity contribution in [2.24, 2.45) is 5.92 Å². The fourth-order valence-corrected chi connectivity index (χ4v) is 3.29. The van der Waals surface area contributed by atoms with Crippen LogP contribution < -0.4 is 5.32 Å². The average Bonchev–Trinajstić information content (AvgIpc) is 3.03. The maximum absolute atomic E-state index is 12.8. The number of hydrogen-bond donors (Lipinski definition) is 2. The lowest BCUT2D eigenvalue weighted by atomic mass is 9.81. The van der Waals surface area contributed by atoms with Crippen molar-refractivity contribution in [3.63, 3.8) is 0 Å². The van der Waals surface area contributed by atoms with E-state index in [0.29, 0.717) is 11.6 Å². The minimum atomic E-state index is -4.61. The summed E-state index contributed by atoms with van der Waals surface area (Å²) < 4.78 is 40.1. The van der Waals surface area contributed by atoms with Crippen molar-refractivity contribution in [2.45, 2.75) is 25.1 Å². The molecular weight excluding hydrogens is 373 g/mol. The number of anilines is 1. The Bertz CT molecular complexity index is 1030. The predicted molar refractivity (Wildman–Crippen MR) is 95.8 cm³/mol. The monoisotopic (exact) mass is 390 g/mol. The molecule has 28 heavy (non-hydrogen) atoms. The molecule has 1 aliphatic rings. The third-order valence-corrected chi connectivity index (χ3v) is 4.90. The molecular formula is C19H17F3N4O2. The van der Waals surface area contributed by atoms with Crippen LogP contribution in [0.5, 0.6) is 0 Å². The van der Waals surface area contributed by atoms with E-state index in [-0.39, 0.29) is 18.3 Å². The van der Waals surface area contributed by atoms with Crippen LogP contribution >= 0.6 is 0 Å². The van der Waals surface area contributed by atoms with Crippen molar-refractivity contribution < 1.29 is 23.1 Å². The molecule has 0 saturated heterocycles. The van der Waals surface area contributed by atoms with Gasteiger partial charge in [0.05, 0.1) is 11.6 Å². The highest BCUT2D eigenvalue weighted by molar-refractivity contribution is 6.03. The number of alkyl halides is 3. The third kappa shape index (κ3) is 3.57. The molecule has 1 fully saturated rings. The summed E-state index contributed by atoms with van der Waals surface area (Å²) in [6.07, 6.45) is -1.00. The van der Waals surface area contributed by atoms with Gasteiger partial charge in [-0.3, -0.25) is 9.48 Å². The van der Waals surface area contributed by atoms with Gasteiger partial charge in [-0.15, -0.1) is 0 Å². The van der Waals surface area contributed by atoms with Crippen molar-refractivity contribution >= 4 is 22.5 Å². The quantitative estimate of drug-likeness (QED) is 0.713. The average molecular weight is 390 g/mol. The molecule has 2 N–H and O–H groups in total. The first-order chi connectivity index (χ1) is 13.3. The zero-order chi connectivity index (χ0) is 19.9. The Morgan fingerprint density at radius 2 is 2.04 bits per heavy atom. The molecule has 1 aromatic carbocycles. The summed E-state index contributed by atoms with van der Waals surface area (Å²) >= 11 is 0. The Labute approximate surface area is 158 Å². The lowest BCUT2D eigenvalue weighted by Crippen LogP contribution is -2.29. The lowest BCUT2D eigenvalue weighted by molar-refractivity contribution is -0.141. The summed E-state index contributed by atoms with van der Waals surface area (Å²) in [6.45, 7) is 0.178. The first-order valence-electron chi connectivity index (χ1n) is 8.79. The van der Waals surface area contributed by atoms with Crippen LogP contribution in [0.25, 0.3) is 10.9 Å². The third-order valence-electron chi connectivity index (χ3n) is 4.90. The zero-order valence-electron chi connectivity index (χ0n) is 14.6. The number of aromatic nitrogens is 3. The second-order valence-corrected chi connectivity index (χ2v) is 6.92. The number of aliphatic hydroxyl groups excluding tert-OH is 1. The Balaban J connectivity index is 1.51. The molecule has 9 heteroatoms. The molecule has 6 nitrogen and oxygen atoms in total. The molecule has 0 bridgehead atoms. The number of amides is 1. The number of fused-ring (bicyclic) bond motifs is 1. The molecule has 1 saturated carbocycles. The van der Waals surface area contributed by atoms with Crippen LogP contribution in [0.3, 0.4) is 0 Å². The van der Waals surface area contributed by atoms with E-state index in [2.05, 4.69) is 15.4 Å². The number of pyridine rings is 1. The summed E-state index contributed by atoms with van der Waals surface area (Å²) in [7, 11) is 0. The van der Waals surface area contributed by atoms with Crippen molar-refractivity contribution in [2.75, 3.05) is 11.9 Å². The van der Waals surface area contributed by atoms with Gasteiger partial charge in [0.2, 0.25) is 0 Å². The van der Waals surface area contributed by atoms with Crippen LogP contribution in [0, 0.1) is 5.92 Å². The van der Waals surface area contributed by atoms with Crippen LogP contribution in [0.2, 0.25) is 0 Å². The maximum atomic E-state index is 12.8. The number of hydrogen-bond acceptors (Lipinski definition) is 4. The first-order valence-corrected chi connectivity index (χ1v) is 8.79. The highest BCUT2D eigenvalue weighted by atomic mass is 19.4. The number of benzene rings is 1. The van der Waals surface area contributed by atoms with Gasteiger partial charge in [0.25, 0.3) is 5.91 Å². The van der Waals surface area contributed by atoms with Gasteiger partial charge in [-0.2, -0.15) is 18.3 Å². The molecule has 2 aromatic heterocycles. The molecule has 146 valence electrons. The molecule has 0 unspecified atom stereocenters. The van der Waals surface area contributed by atoms with Gasteiger partial charge >= 0.3 is 6.18 Å². The number of aliphatic hydroxyl groups is 1. The molecule has 0 atom stereocenters. The van der Waals surface area contributed by atoms with E-state index in [1.54, 1.807) is 18.2 Å². The van der Waals surface area contributed by atoms with Gasteiger partial charge in [0.1, 0.15) is 11.4 Å². The van der Waals surface area contributed by atoms with Crippen molar-refractivity contribution in [1.29, 1.82) is 0 Å². The van der Waals surface area contributed by atoms with Crippen LogP contribution in [0.1, 0.15) is 35.1 Å². The van der Waals surface area contributed by atoms with Crippen LogP contribution in [0.4, 0.5) is 18.9 Å². The number of nitrogens with one attached hydrogen (secondary N) is 1. The molecule has 0 radical (unpaired) electrons. The fraction of sp³-hybridized carbons (Fsp3) is 0.316. The molecule has 1 amide bonds. The van der Waals surface area contributed by atoms with Gasteiger partial charge in [-0.25, -0.2) is 4.98 Å². The summed E-state index contributed by atoms with van der Waals surface area (Å²) in [5.41, 5.74) is -0.227. The second-order valence-electron chi connectivity index (χ2n) is 6.92. The summed E-state index contributed by atoms with van der Waals surface area (Å²) in [4.78, 5) is 15.7. The van der Waals surface area contributed by atoms with E-state index >= 15 is 0 Å². The standard InChI is InChI=1S/C19H17F3N4O2/c20-19(21,22)17-3-1-2-16(24-17)18(28)23-13-4-5-15-12(8-13)9-26(25-15)14-6-11(7-14)10-27/h1-5,8-9,11,14,27H,6-7,10H2,(H,23,28). The number of carbonyl (C=O) groups is 1. The smallest absolute Gasteiger partial charge is 0.396 e. The normalized spacial score (nSPS) is 19.4. The molecule has 2 heterocycles. The Morgan fingerprint density at radius 3 is 2.75 bits per heavy atom. The summed E-state index contributed by atoms with van der Waals surface area (Å²) in [5.74, 6) is -0.408. The molecule has 3 aromatic rings. The second kappa shape index (κ2) is 6.90. The topological polar surface area (TPSA) is 80.0 Å². The van der Waals surface area contributed by atoms with E-state index in [9.17, 15) is 18.0 Å². The Morgan fingerprint density at radius 1 is 1.25 bits per heavy atom. The number of nitrogens with zero attached hydrogens (tertiary/aromatic N) is 3. The maximum Gasteiger partial charge on any atom is 0.433 e. The minimum absolute atomic E-state index is 0.178. The highest BCUT2D eigenvalue weighted by Crippen LogP contribution is 2.37. The largest absolute Gasteiger partial charge is 0.433 e. The van der Waals surface area contributed by atoms with Gasteiger partial charge in [0.15, 0.2) is 0 Å². The van der Waals surface area contributed by atoms with Gasteiger partial charge in [-0.05, 0) is 49.1 Å². The van der Waals surface area contributed by atoms with Crippen LogP contribution in [-0.4, -0.2) is 32.4 Å².